The molecular weight excluding hydrogens is 356 g/mol. The van der Waals surface area contributed by atoms with Gasteiger partial charge in [0.1, 0.15) is 22.9 Å². The van der Waals surface area contributed by atoms with Crippen LogP contribution in [0.15, 0.2) is 60.8 Å². The lowest BCUT2D eigenvalue weighted by molar-refractivity contribution is -0.385. The third kappa shape index (κ3) is 2.92. The monoisotopic (exact) mass is 374 g/mol. The lowest BCUT2D eigenvalue weighted by atomic mass is 10.1. The van der Waals surface area contributed by atoms with Crippen LogP contribution < -0.4 is 5.32 Å². The van der Waals surface area contributed by atoms with Crippen molar-refractivity contribution < 1.29 is 10.0 Å². The Bertz CT molecular complexity index is 1190. The number of aromatic nitrogens is 2. The van der Waals surface area contributed by atoms with E-state index < -0.39 is 4.92 Å². The van der Waals surface area contributed by atoms with Crippen molar-refractivity contribution >= 4 is 22.8 Å². The second kappa shape index (κ2) is 6.70. The van der Waals surface area contributed by atoms with E-state index >= 15 is 0 Å². The van der Waals surface area contributed by atoms with Crippen molar-refractivity contribution in [3.63, 3.8) is 0 Å². The number of phenolic OH excluding ortho intramolecular Hbond substituents is 1. The number of nitrogens with one attached hydrogen (secondary N) is 1. The molecule has 2 aromatic carbocycles. The summed E-state index contributed by atoms with van der Waals surface area (Å²) in [6, 6.07) is 15.9. The van der Waals surface area contributed by atoms with Crippen LogP contribution >= 0.6 is 0 Å². The molecule has 7 heteroatoms. The Morgan fingerprint density at radius 1 is 1.04 bits per heavy atom. The molecule has 0 aliphatic heterocycles. The maximum absolute atomic E-state index is 11.3. The maximum atomic E-state index is 11.3. The summed E-state index contributed by atoms with van der Waals surface area (Å²) in [7, 11) is 0. The third-order valence-electron chi connectivity index (χ3n) is 4.70. The molecule has 2 N–H and O–H groups in total. The van der Waals surface area contributed by atoms with Gasteiger partial charge in [0.2, 0.25) is 0 Å². The minimum absolute atomic E-state index is 0.0433. The molecule has 0 saturated carbocycles. The van der Waals surface area contributed by atoms with E-state index in [0.29, 0.717) is 22.7 Å². The van der Waals surface area contributed by atoms with Crippen LogP contribution in [0.4, 0.5) is 17.2 Å². The van der Waals surface area contributed by atoms with Crippen LogP contribution in [0.3, 0.4) is 0 Å². The quantitative estimate of drug-likeness (QED) is 0.388. The Labute approximate surface area is 161 Å². The van der Waals surface area contributed by atoms with Crippen LogP contribution in [0, 0.1) is 24.0 Å². The number of aromatic hydroxyl groups is 1. The first-order valence-corrected chi connectivity index (χ1v) is 8.74. The number of benzene rings is 2. The van der Waals surface area contributed by atoms with Gasteiger partial charge in [-0.15, -0.1) is 0 Å². The summed E-state index contributed by atoms with van der Waals surface area (Å²) in [6.07, 6.45) is 1.43. The van der Waals surface area contributed by atoms with Crippen molar-refractivity contribution in [2.75, 3.05) is 5.32 Å². The predicted octanol–water partition coefficient (Wildman–Crippen LogP) is 4.98. The number of rotatable bonds is 4. The molecule has 0 aliphatic rings. The number of nitro groups is 1. The lowest BCUT2D eigenvalue weighted by Crippen LogP contribution is -2.01. The molecule has 7 nitrogen and oxygen atoms in total. The zero-order chi connectivity index (χ0) is 19.8. The SMILES string of the molecule is Cc1cccc(C)c1Nc1c(-c2ccccc2O)nc2ccc([N+](=O)[O-])cn12. The molecule has 0 bridgehead atoms. The van der Waals surface area contributed by atoms with Crippen molar-refractivity contribution in [1.82, 2.24) is 9.38 Å². The summed E-state index contributed by atoms with van der Waals surface area (Å²) < 4.78 is 1.64. The fraction of sp³-hybridized carbons (Fsp3) is 0.0952. The number of nitrogens with zero attached hydrogens (tertiary/aromatic N) is 3. The molecule has 4 aromatic rings. The van der Waals surface area contributed by atoms with Crippen molar-refractivity contribution in [3.05, 3.63) is 82.0 Å². The van der Waals surface area contributed by atoms with Crippen LogP contribution in [0.25, 0.3) is 16.9 Å². The molecule has 0 atom stereocenters. The van der Waals surface area contributed by atoms with Gasteiger partial charge in [-0.3, -0.25) is 14.5 Å². The van der Waals surface area contributed by atoms with Gasteiger partial charge < -0.3 is 10.4 Å². The van der Waals surface area contributed by atoms with Gasteiger partial charge in [-0.2, -0.15) is 0 Å². The summed E-state index contributed by atoms with van der Waals surface area (Å²) in [5.41, 5.74) is 4.51. The van der Waals surface area contributed by atoms with Gasteiger partial charge >= 0.3 is 0 Å². The topological polar surface area (TPSA) is 92.7 Å². The fourth-order valence-corrected chi connectivity index (χ4v) is 3.25. The van der Waals surface area contributed by atoms with E-state index in [0.717, 1.165) is 16.8 Å². The number of hydrogen-bond donors (Lipinski definition) is 2. The first kappa shape index (κ1) is 17.5. The summed E-state index contributed by atoms with van der Waals surface area (Å²) >= 11 is 0. The molecule has 2 aromatic heterocycles. The Hall–Kier alpha value is -3.87. The largest absolute Gasteiger partial charge is 0.507 e. The summed E-state index contributed by atoms with van der Waals surface area (Å²) in [4.78, 5) is 15.4. The number of imidazole rings is 1. The molecule has 0 saturated heterocycles. The van der Waals surface area contributed by atoms with E-state index in [1.807, 2.05) is 38.1 Å². The predicted molar refractivity (Wildman–Crippen MR) is 108 cm³/mol. The van der Waals surface area contributed by atoms with Crippen LogP contribution in [0.1, 0.15) is 11.1 Å². The number of para-hydroxylation sites is 2. The second-order valence-electron chi connectivity index (χ2n) is 6.59. The lowest BCUT2D eigenvalue weighted by Gasteiger charge is -2.14. The number of pyridine rings is 1. The highest BCUT2D eigenvalue weighted by molar-refractivity contribution is 5.83. The Kier molecular flexibility index (Phi) is 4.19. The molecule has 0 spiro atoms. The smallest absolute Gasteiger partial charge is 0.286 e. The molecule has 0 radical (unpaired) electrons. The van der Waals surface area contributed by atoms with Crippen molar-refractivity contribution in [2.45, 2.75) is 13.8 Å². The standard InChI is InChI=1S/C21H18N4O3/c1-13-6-5-7-14(2)19(13)23-21-20(16-8-3-4-9-17(16)26)22-18-11-10-15(25(27)28)12-24(18)21/h3-12,23,26H,1-2H3. The van der Waals surface area contributed by atoms with Gasteiger partial charge in [0.15, 0.2) is 0 Å². The first-order chi connectivity index (χ1) is 13.5. The van der Waals surface area contributed by atoms with Crippen LogP contribution in [-0.2, 0) is 0 Å². The normalized spacial score (nSPS) is 10.9. The number of phenols is 1. The van der Waals surface area contributed by atoms with Crippen LogP contribution in [0.5, 0.6) is 5.75 Å². The number of hydrogen-bond acceptors (Lipinski definition) is 5. The van der Waals surface area contributed by atoms with Crippen LogP contribution in [-0.4, -0.2) is 19.4 Å². The molecule has 2 heterocycles. The van der Waals surface area contributed by atoms with Gasteiger partial charge in [-0.1, -0.05) is 30.3 Å². The van der Waals surface area contributed by atoms with E-state index in [4.69, 9.17) is 0 Å². The van der Waals surface area contributed by atoms with E-state index in [2.05, 4.69) is 10.3 Å². The average Bonchev–Trinajstić information content (AvgIpc) is 3.02. The van der Waals surface area contributed by atoms with Crippen LogP contribution in [0.2, 0.25) is 0 Å². The number of fused-ring (bicyclic) bond motifs is 1. The highest BCUT2D eigenvalue weighted by Gasteiger charge is 2.20. The summed E-state index contributed by atoms with van der Waals surface area (Å²) in [5, 5.41) is 25.0. The van der Waals surface area contributed by atoms with E-state index in [1.165, 1.54) is 12.3 Å². The molecule has 140 valence electrons. The summed E-state index contributed by atoms with van der Waals surface area (Å²) in [5.74, 6) is 0.641. The second-order valence-corrected chi connectivity index (χ2v) is 6.59. The Morgan fingerprint density at radius 2 is 1.75 bits per heavy atom. The Morgan fingerprint density at radius 3 is 2.43 bits per heavy atom. The Balaban J connectivity index is 2.00. The van der Waals surface area contributed by atoms with Gasteiger partial charge in [-0.25, -0.2) is 4.98 Å². The fourth-order valence-electron chi connectivity index (χ4n) is 3.25. The highest BCUT2D eigenvalue weighted by atomic mass is 16.6. The first-order valence-electron chi connectivity index (χ1n) is 8.74. The molecule has 0 aliphatic carbocycles. The maximum Gasteiger partial charge on any atom is 0.286 e. The molecular formula is C21H18N4O3. The minimum atomic E-state index is -0.443. The molecule has 0 fully saturated rings. The molecule has 0 unspecified atom stereocenters. The van der Waals surface area contributed by atoms with Gasteiger partial charge in [0.05, 0.1) is 11.1 Å². The van der Waals surface area contributed by atoms with E-state index in [-0.39, 0.29) is 11.4 Å². The average molecular weight is 374 g/mol. The zero-order valence-corrected chi connectivity index (χ0v) is 15.4. The highest BCUT2D eigenvalue weighted by Crippen LogP contribution is 2.37. The minimum Gasteiger partial charge on any atom is -0.507 e. The van der Waals surface area contributed by atoms with Crippen molar-refractivity contribution in [1.29, 1.82) is 0 Å². The number of aryl methyl sites for hydroxylation is 2. The van der Waals surface area contributed by atoms with Gasteiger partial charge in [0, 0.05) is 17.3 Å². The third-order valence-corrected chi connectivity index (χ3v) is 4.70. The molecule has 0 amide bonds. The van der Waals surface area contributed by atoms with Crippen molar-refractivity contribution in [3.8, 4) is 17.0 Å². The van der Waals surface area contributed by atoms with Gasteiger partial charge in [0.25, 0.3) is 5.69 Å². The number of anilines is 2. The molecule has 28 heavy (non-hydrogen) atoms. The van der Waals surface area contributed by atoms with Gasteiger partial charge in [-0.05, 0) is 43.2 Å². The zero-order valence-electron chi connectivity index (χ0n) is 15.4. The van der Waals surface area contributed by atoms with E-state index in [9.17, 15) is 15.2 Å². The van der Waals surface area contributed by atoms with Crippen molar-refractivity contribution in [2.24, 2.45) is 0 Å². The van der Waals surface area contributed by atoms with E-state index in [1.54, 1.807) is 28.7 Å². The molecule has 4 rings (SSSR count). The summed E-state index contributed by atoms with van der Waals surface area (Å²) in [6.45, 7) is 3.97.